The highest BCUT2D eigenvalue weighted by Gasteiger charge is 2.32. The summed E-state index contributed by atoms with van der Waals surface area (Å²) in [4.78, 5) is 0. The van der Waals surface area contributed by atoms with E-state index in [2.05, 4.69) is 29.6 Å². The Morgan fingerprint density at radius 3 is 2.80 bits per heavy atom. The van der Waals surface area contributed by atoms with Crippen LogP contribution in [0.15, 0.2) is 29.6 Å². The van der Waals surface area contributed by atoms with E-state index in [0.717, 1.165) is 6.42 Å². The van der Waals surface area contributed by atoms with Gasteiger partial charge in [0, 0.05) is 10.2 Å². The summed E-state index contributed by atoms with van der Waals surface area (Å²) in [5.41, 5.74) is 7.83. The monoisotopic (exact) mass is 217 g/mol. The van der Waals surface area contributed by atoms with Gasteiger partial charge in [-0.2, -0.15) is 0 Å². The van der Waals surface area contributed by atoms with Crippen molar-refractivity contribution in [2.24, 2.45) is 5.73 Å². The minimum absolute atomic E-state index is 0.101. The molecule has 1 nitrogen and oxygen atoms in total. The molecule has 15 heavy (non-hydrogen) atoms. The lowest BCUT2D eigenvalue weighted by molar-refractivity contribution is 0.248. The fourth-order valence-electron chi connectivity index (χ4n) is 2.36. The number of thiophene rings is 1. The molecule has 0 bridgehead atoms. The van der Waals surface area contributed by atoms with Gasteiger partial charge in [0.1, 0.15) is 0 Å². The highest BCUT2D eigenvalue weighted by molar-refractivity contribution is 7.17. The Morgan fingerprint density at radius 2 is 2.07 bits per heavy atom. The summed E-state index contributed by atoms with van der Waals surface area (Å²) in [6.07, 6.45) is 4.74. The third-order valence-corrected chi connectivity index (χ3v) is 4.47. The second-order valence-corrected chi connectivity index (χ2v) is 5.56. The van der Waals surface area contributed by atoms with Gasteiger partial charge in [0.05, 0.1) is 0 Å². The summed E-state index contributed by atoms with van der Waals surface area (Å²) < 4.78 is 1.38. The smallest absolute Gasteiger partial charge is 0.0345 e. The SMILES string of the molecule is NC1(Cc2csc3ccccc23)CCC1. The summed E-state index contributed by atoms with van der Waals surface area (Å²) in [5, 5.41) is 3.68. The van der Waals surface area contributed by atoms with E-state index < -0.39 is 0 Å². The molecule has 1 aromatic heterocycles. The first kappa shape index (κ1) is 9.37. The fourth-order valence-corrected chi connectivity index (χ4v) is 3.32. The van der Waals surface area contributed by atoms with Crippen molar-refractivity contribution < 1.29 is 0 Å². The first-order chi connectivity index (χ1) is 7.27. The molecule has 2 aromatic rings. The summed E-state index contributed by atoms with van der Waals surface area (Å²) in [5.74, 6) is 0. The van der Waals surface area contributed by atoms with E-state index in [4.69, 9.17) is 5.73 Å². The van der Waals surface area contributed by atoms with Gasteiger partial charge in [0.2, 0.25) is 0 Å². The van der Waals surface area contributed by atoms with Gasteiger partial charge in [0.15, 0.2) is 0 Å². The Bertz CT molecular complexity index is 482. The van der Waals surface area contributed by atoms with E-state index in [0.29, 0.717) is 0 Å². The lowest BCUT2D eigenvalue weighted by Crippen LogP contribution is -2.48. The second kappa shape index (κ2) is 3.32. The Hall–Kier alpha value is -0.860. The molecule has 0 radical (unpaired) electrons. The molecule has 1 aliphatic rings. The summed E-state index contributed by atoms with van der Waals surface area (Å²) in [6, 6.07) is 8.61. The van der Waals surface area contributed by atoms with Crippen molar-refractivity contribution in [3.05, 3.63) is 35.2 Å². The van der Waals surface area contributed by atoms with Crippen LogP contribution in [0.3, 0.4) is 0 Å². The molecule has 0 atom stereocenters. The standard InChI is InChI=1S/C13H15NS/c14-13(6-3-7-13)8-10-9-15-12-5-2-1-4-11(10)12/h1-2,4-5,9H,3,6-8,14H2. The molecule has 1 fully saturated rings. The van der Waals surface area contributed by atoms with Crippen LogP contribution in [-0.2, 0) is 6.42 Å². The van der Waals surface area contributed by atoms with Gasteiger partial charge in [-0.3, -0.25) is 0 Å². The maximum Gasteiger partial charge on any atom is 0.0345 e. The van der Waals surface area contributed by atoms with Crippen molar-refractivity contribution in [2.45, 2.75) is 31.2 Å². The molecule has 2 heteroatoms. The molecule has 0 saturated heterocycles. The van der Waals surface area contributed by atoms with Gasteiger partial charge < -0.3 is 5.73 Å². The predicted octanol–water partition coefficient (Wildman–Crippen LogP) is 3.33. The quantitative estimate of drug-likeness (QED) is 0.820. The molecule has 0 aliphatic heterocycles. The zero-order chi connectivity index (χ0) is 10.3. The van der Waals surface area contributed by atoms with E-state index in [1.165, 1.54) is 34.9 Å². The summed E-state index contributed by atoms with van der Waals surface area (Å²) >= 11 is 1.83. The molecule has 1 saturated carbocycles. The number of hydrogen-bond donors (Lipinski definition) is 1. The van der Waals surface area contributed by atoms with Crippen molar-refractivity contribution in [1.82, 2.24) is 0 Å². The largest absolute Gasteiger partial charge is 0.325 e. The minimum Gasteiger partial charge on any atom is -0.325 e. The molecule has 3 rings (SSSR count). The van der Waals surface area contributed by atoms with Crippen LogP contribution in [0.1, 0.15) is 24.8 Å². The van der Waals surface area contributed by atoms with Crippen molar-refractivity contribution in [2.75, 3.05) is 0 Å². The Kier molecular flexibility index (Phi) is 2.08. The number of rotatable bonds is 2. The maximum absolute atomic E-state index is 6.29. The zero-order valence-corrected chi connectivity index (χ0v) is 9.52. The molecular formula is C13H15NS. The van der Waals surface area contributed by atoms with Crippen LogP contribution in [0.4, 0.5) is 0 Å². The minimum atomic E-state index is 0.101. The van der Waals surface area contributed by atoms with Crippen molar-refractivity contribution >= 4 is 21.4 Å². The van der Waals surface area contributed by atoms with Crippen LogP contribution in [-0.4, -0.2) is 5.54 Å². The zero-order valence-electron chi connectivity index (χ0n) is 8.70. The summed E-state index contributed by atoms with van der Waals surface area (Å²) in [6.45, 7) is 0. The molecule has 1 aromatic carbocycles. The van der Waals surface area contributed by atoms with E-state index in [-0.39, 0.29) is 5.54 Å². The number of nitrogens with two attached hydrogens (primary N) is 1. The molecular weight excluding hydrogens is 202 g/mol. The molecule has 1 heterocycles. The highest BCUT2D eigenvalue weighted by Crippen LogP contribution is 2.35. The Labute approximate surface area is 93.9 Å². The molecule has 0 spiro atoms. The van der Waals surface area contributed by atoms with Crippen molar-refractivity contribution in [1.29, 1.82) is 0 Å². The van der Waals surface area contributed by atoms with Crippen LogP contribution in [0.5, 0.6) is 0 Å². The first-order valence-electron chi connectivity index (χ1n) is 5.51. The van der Waals surface area contributed by atoms with Gasteiger partial charge in [-0.15, -0.1) is 11.3 Å². The van der Waals surface area contributed by atoms with Crippen molar-refractivity contribution in [3.63, 3.8) is 0 Å². The van der Waals surface area contributed by atoms with E-state index >= 15 is 0 Å². The molecule has 78 valence electrons. The normalized spacial score (nSPS) is 19.0. The average molecular weight is 217 g/mol. The Balaban J connectivity index is 1.97. The highest BCUT2D eigenvalue weighted by atomic mass is 32.1. The lowest BCUT2D eigenvalue weighted by atomic mass is 9.74. The maximum atomic E-state index is 6.29. The third kappa shape index (κ3) is 1.58. The van der Waals surface area contributed by atoms with Crippen LogP contribution in [0.2, 0.25) is 0 Å². The first-order valence-corrected chi connectivity index (χ1v) is 6.39. The van der Waals surface area contributed by atoms with Crippen molar-refractivity contribution in [3.8, 4) is 0 Å². The van der Waals surface area contributed by atoms with Gasteiger partial charge >= 0.3 is 0 Å². The average Bonchev–Trinajstić information content (AvgIpc) is 2.60. The fraction of sp³-hybridized carbons (Fsp3) is 0.385. The van der Waals surface area contributed by atoms with Crippen LogP contribution < -0.4 is 5.73 Å². The summed E-state index contributed by atoms with van der Waals surface area (Å²) in [7, 11) is 0. The molecule has 0 amide bonds. The van der Waals surface area contributed by atoms with E-state index in [1.54, 1.807) is 0 Å². The van der Waals surface area contributed by atoms with Gasteiger partial charge in [-0.25, -0.2) is 0 Å². The van der Waals surface area contributed by atoms with Gasteiger partial charge in [-0.05, 0) is 48.1 Å². The second-order valence-electron chi connectivity index (χ2n) is 4.65. The van der Waals surface area contributed by atoms with Crippen LogP contribution >= 0.6 is 11.3 Å². The molecule has 1 aliphatic carbocycles. The molecule has 0 unspecified atom stereocenters. The van der Waals surface area contributed by atoms with Crippen LogP contribution in [0.25, 0.3) is 10.1 Å². The lowest BCUT2D eigenvalue weighted by Gasteiger charge is -2.38. The topological polar surface area (TPSA) is 26.0 Å². The number of hydrogen-bond acceptors (Lipinski definition) is 2. The molecule has 2 N–H and O–H groups in total. The van der Waals surface area contributed by atoms with E-state index in [9.17, 15) is 0 Å². The van der Waals surface area contributed by atoms with E-state index in [1.807, 2.05) is 11.3 Å². The number of fused-ring (bicyclic) bond motifs is 1. The predicted molar refractivity (Wildman–Crippen MR) is 66.3 cm³/mol. The number of benzene rings is 1. The van der Waals surface area contributed by atoms with Crippen LogP contribution in [0, 0.1) is 0 Å². The third-order valence-electron chi connectivity index (χ3n) is 3.45. The van der Waals surface area contributed by atoms with Gasteiger partial charge in [-0.1, -0.05) is 18.2 Å². The Morgan fingerprint density at radius 1 is 1.27 bits per heavy atom. The van der Waals surface area contributed by atoms with Gasteiger partial charge in [0.25, 0.3) is 0 Å².